The zero-order valence-corrected chi connectivity index (χ0v) is 10.6. The first-order chi connectivity index (χ1) is 7.63. The molecule has 0 aromatic rings. The predicted octanol–water partition coefficient (Wildman–Crippen LogP) is 1.85. The second-order valence-electron chi connectivity index (χ2n) is 5.63. The Morgan fingerprint density at radius 2 is 1.62 bits per heavy atom. The lowest BCUT2D eigenvalue weighted by atomic mass is 10.0. The molecule has 0 unspecified atom stereocenters. The number of hydrogen-bond donors (Lipinski definition) is 0. The average Bonchev–Trinajstić information content (AvgIpc) is 2.83. The average molecular weight is 221 g/mol. The van der Waals surface area contributed by atoms with Gasteiger partial charge in [0.2, 0.25) is 0 Å². The van der Waals surface area contributed by atoms with Gasteiger partial charge in [-0.15, -0.1) is 0 Å². The number of rotatable bonds is 2. The minimum Gasteiger partial charge on any atom is -0.298 e. The predicted molar refractivity (Wildman–Crippen MR) is 65.1 cm³/mol. The van der Waals surface area contributed by atoms with Crippen molar-refractivity contribution in [1.82, 2.24) is 9.80 Å². The van der Waals surface area contributed by atoms with Gasteiger partial charge < -0.3 is 0 Å². The van der Waals surface area contributed by atoms with E-state index in [1.165, 1.54) is 25.7 Å². The number of nitriles is 1. The van der Waals surface area contributed by atoms with Crippen molar-refractivity contribution in [1.29, 1.82) is 5.26 Å². The highest BCUT2D eigenvalue weighted by Gasteiger charge is 2.32. The fourth-order valence-electron chi connectivity index (χ4n) is 2.99. The van der Waals surface area contributed by atoms with Crippen LogP contribution in [0.5, 0.6) is 0 Å². The lowest BCUT2D eigenvalue weighted by Crippen LogP contribution is -2.55. The molecule has 90 valence electrons. The van der Waals surface area contributed by atoms with Gasteiger partial charge in [0.05, 0.1) is 6.07 Å². The fraction of sp³-hybridized carbons (Fsp3) is 0.923. The highest BCUT2D eigenvalue weighted by atomic mass is 15.3. The fourth-order valence-corrected chi connectivity index (χ4v) is 2.99. The van der Waals surface area contributed by atoms with E-state index in [2.05, 4.69) is 15.9 Å². The van der Waals surface area contributed by atoms with Crippen LogP contribution in [0.15, 0.2) is 0 Å². The molecule has 1 aliphatic heterocycles. The maximum absolute atomic E-state index is 9.12. The van der Waals surface area contributed by atoms with E-state index < -0.39 is 0 Å². The second kappa shape index (κ2) is 4.73. The van der Waals surface area contributed by atoms with Gasteiger partial charge in [0.1, 0.15) is 5.54 Å². The molecule has 1 aliphatic carbocycles. The van der Waals surface area contributed by atoms with Crippen molar-refractivity contribution in [2.75, 3.05) is 26.2 Å². The summed E-state index contributed by atoms with van der Waals surface area (Å²) in [4.78, 5) is 4.95. The molecule has 0 radical (unpaired) electrons. The monoisotopic (exact) mass is 221 g/mol. The van der Waals surface area contributed by atoms with Crippen LogP contribution in [0, 0.1) is 11.3 Å². The summed E-state index contributed by atoms with van der Waals surface area (Å²) < 4.78 is 0. The van der Waals surface area contributed by atoms with Crippen LogP contribution in [0.2, 0.25) is 0 Å². The number of piperazine rings is 1. The van der Waals surface area contributed by atoms with Gasteiger partial charge >= 0.3 is 0 Å². The zero-order valence-electron chi connectivity index (χ0n) is 10.6. The third kappa shape index (κ3) is 2.39. The first-order valence-corrected chi connectivity index (χ1v) is 6.54. The van der Waals surface area contributed by atoms with E-state index in [0.29, 0.717) is 0 Å². The van der Waals surface area contributed by atoms with E-state index in [0.717, 1.165) is 32.2 Å². The van der Waals surface area contributed by atoms with Gasteiger partial charge in [-0.3, -0.25) is 9.80 Å². The van der Waals surface area contributed by atoms with Crippen LogP contribution in [0.25, 0.3) is 0 Å². The third-order valence-electron chi connectivity index (χ3n) is 4.22. The highest BCUT2D eigenvalue weighted by Crippen LogP contribution is 2.25. The quantitative estimate of drug-likeness (QED) is 0.713. The summed E-state index contributed by atoms with van der Waals surface area (Å²) in [5.41, 5.74) is -0.290. The number of hydrogen-bond acceptors (Lipinski definition) is 3. The van der Waals surface area contributed by atoms with E-state index in [1.54, 1.807) is 0 Å². The first-order valence-electron chi connectivity index (χ1n) is 6.54. The Morgan fingerprint density at radius 1 is 1.06 bits per heavy atom. The lowest BCUT2D eigenvalue weighted by molar-refractivity contribution is 0.0577. The molecule has 3 nitrogen and oxygen atoms in total. The molecule has 0 aromatic heterocycles. The summed E-state index contributed by atoms with van der Waals surface area (Å²) in [5.74, 6) is 0. The molecule has 2 rings (SSSR count). The molecule has 2 fully saturated rings. The Balaban J connectivity index is 1.85. The van der Waals surface area contributed by atoms with Crippen LogP contribution in [0.4, 0.5) is 0 Å². The molecule has 0 atom stereocenters. The zero-order chi connectivity index (χ0) is 11.6. The normalized spacial score (nSPS) is 25.8. The molecule has 1 saturated heterocycles. The maximum atomic E-state index is 9.12. The first kappa shape index (κ1) is 11.9. The summed E-state index contributed by atoms with van der Waals surface area (Å²) >= 11 is 0. The largest absolute Gasteiger partial charge is 0.298 e. The molecular formula is C13H23N3. The molecule has 16 heavy (non-hydrogen) atoms. The minimum atomic E-state index is -0.290. The molecule has 2 aliphatic rings. The van der Waals surface area contributed by atoms with E-state index >= 15 is 0 Å². The molecule has 1 saturated carbocycles. The highest BCUT2D eigenvalue weighted by molar-refractivity contribution is 5.03. The van der Waals surface area contributed by atoms with E-state index in [4.69, 9.17) is 5.26 Å². The van der Waals surface area contributed by atoms with Crippen LogP contribution < -0.4 is 0 Å². The van der Waals surface area contributed by atoms with Crippen molar-refractivity contribution in [2.45, 2.75) is 51.1 Å². The summed E-state index contributed by atoms with van der Waals surface area (Å²) in [6.45, 7) is 8.45. The Morgan fingerprint density at radius 3 is 2.12 bits per heavy atom. The Bertz CT molecular complexity index is 265. The number of nitrogens with zero attached hydrogens (tertiary/aromatic N) is 3. The van der Waals surface area contributed by atoms with Gasteiger partial charge in [0.25, 0.3) is 0 Å². The van der Waals surface area contributed by atoms with Crippen LogP contribution in [0.1, 0.15) is 39.5 Å². The topological polar surface area (TPSA) is 30.3 Å². The Labute approximate surface area is 99.0 Å². The molecule has 0 N–H and O–H groups in total. The van der Waals surface area contributed by atoms with Crippen molar-refractivity contribution in [3.63, 3.8) is 0 Å². The summed E-state index contributed by atoms with van der Waals surface area (Å²) in [7, 11) is 0. The van der Waals surface area contributed by atoms with Crippen molar-refractivity contribution in [2.24, 2.45) is 0 Å². The van der Waals surface area contributed by atoms with E-state index in [9.17, 15) is 0 Å². The molecular weight excluding hydrogens is 198 g/mol. The van der Waals surface area contributed by atoms with Crippen molar-refractivity contribution in [3.05, 3.63) is 0 Å². The van der Waals surface area contributed by atoms with Crippen molar-refractivity contribution < 1.29 is 0 Å². The van der Waals surface area contributed by atoms with Gasteiger partial charge in [-0.05, 0) is 26.7 Å². The van der Waals surface area contributed by atoms with Gasteiger partial charge in [0, 0.05) is 32.2 Å². The standard InChI is InChI=1S/C13H23N3/c1-13(2,11-14)16-9-7-15(8-10-16)12-5-3-4-6-12/h12H,3-10H2,1-2H3. The van der Waals surface area contributed by atoms with Gasteiger partial charge in [-0.2, -0.15) is 5.26 Å². The molecule has 1 heterocycles. The molecule has 0 spiro atoms. The molecule has 3 heteroatoms. The van der Waals surface area contributed by atoms with Crippen LogP contribution in [0.3, 0.4) is 0 Å². The Kier molecular flexibility index (Phi) is 3.51. The maximum Gasteiger partial charge on any atom is 0.103 e. The van der Waals surface area contributed by atoms with Crippen LogP contribution in [-0.2, 0) is 0 Å². The van der Waals surface area contributed by atoms with Crippen molar-refractivity contribution >= 4 is 0 Å². The van der Waals surface area contributed by atoms with Crippen molar-refractivity contribution in [3.8, 4) is 6.07 Å². The second-order valence-corrected chi connectivity index (χ2v) is 5.63. The molecule has 0 bridgehead atoms. The third-order valence-corrected chi connectivity index (χ3v) is 4.22. The minimum absolute atomic E-state index is 0.290. The van der Waals surface area contributed by atoms with Crippen LogP contribution >= 0.6 is 0 Å². The van der Waals surface area contributed by atoms with Crippen LogP contribution in [-0.4, -0.2) is 47.6 Å². The molecule has 0 amide bonds. The van der Waals surface area contributed by atoms with E-state index in [-0.39, 0.29) is 5.54 Å². The Hall–Kier alpha value is -0.590. The smallest absolute Gasteiger partial charge is 0.103 e. The van der Waals surface area contributed by atoms with Gasteiger partial charge in [-0.25, -0.2) is 0 Å². The van der Waals surface area contributed by atoms with Gasteiger partial charge in [0.15, 0.2) is 0 Å². The van der Waals surface area contributed by atoms with E-state index in [1.807, 2.05) is 13.8 Å². The lowest BCUT2D eigenvalue weighted by Gasteiger charge is -2.42. The molecule has 0 aromatic carbocycles. The summed E-state index contributed by atoms with van der Waals surface area (Å²) in [6, 6.07) is 3.24. The summed E-state index contributed by atoms with van der Waals surface area (Å²) in [5, 5.41) is 9.12. The summed E-state index contributed by atoms with van der Waals surface area (Å²) in [6.07, 6.45) is 5.60. The van der Waals surface area contributed by atoms with Gasteiger partial charge in [-0.1, -0.05) is 12.8 Å². The SMILES string of the molecule is CC(C)(C#N)N1CCN(C2CCCC2)CC1.